The van der Waals surface area contributed by atoms with Crippen LogP contribution in [0.1, 0.15) is 0 Å². The van der Waals surface area contributed by atoms with Crippen LogP contribution in [-0.4, -0.2) is 8.76 Å². The summed E-state index contributed by atoms with van der Waals surface area (Å²) in [4.78, 5) is -0.0114. The van der Waals surface area contributed by atoms with Gasteiger partial charge in [0.1, 0.15) is 4.90 Å². The molecule has 6 heteroatoms. The molecule has 1 N–H and O–H groups in total. The molecule has 1 rings (SSSR count). The quantitative estimate of drug-likeness (QED) is 0.771. The normalized spacial score (nSPS) is 13.0. The van der Waals surface area contributed by atoms with E-state index in [2.05, 4.69) is 0 Å². The minimum absolute atomic E-state index is 0.0114. The molecule has 0 amide bonds. The maximum absolute atomic E-state index is 10.7. The molecule has 0 saturated carbocycles. The third-order valence-corrected chi connectivity index (χ3v) is 2.97. The largest absolute Gasteiger partial charge is 0.302 e. The monoisotopic (exact) mass is 244 g/mol. The summed E-state index contributed by atoms with van der Waals surface area (Å²) in [5, 5.41) is 0.515. The van der Waals surface area contributed by atoms with Crippen molar-refractivity contribution in [3.63, 3.8) is 0 Å². The van der Waals surface area contributed by atoms with Crippen molar-refractivity contribution in [2.24, 2.45) is 0 Å². The van der Waals surface area contributed by atoms with Gasteiger partial charge in [-0.05, 0) is 12.1 Å². The van der Waals surface area contributed by atoms with Crippen LogP contribution in [-0.2, 0) is 11.1 Å². The molecule has 0 aliphatic carbocycles. The molecular formula is C6H3Cl3O2S. The van der Waals surface area contributed by atoms with Gasteiger partial charge < -0.3 is 4.55 Å². The second-order valence-electron chi connectivity index (χ2n) is 1.95. The van der Waals surface area contributed by atoms with Crippen LogP contribution in [0.3, 0.4) is 0 Å². The Labute approximate surface area is 86.7 Å². The lowest BCUT2D eigenvalue weighted by molar-refractivity contribution is 0.564. The van der Waals surface area contributed by atoms with Crippen molar-refractivity contribution in [3.8, 4) is 0 Å². The van der Waals surface area contributed by atoms with Gasteiger partial charge in [0.15, 0.2) is 11.1 Å². The molecule has 1 atom stereocenters. The second kappa shape index (κ2) is 3.94. The first kappa shape index (κ1) is 10.3. The van der Waals surface area contributed by atoms with Gasteiger partial charge in [-0.25, -0.2) is 4.21 Å². The molecular weight excluding hydrogens is 242 g/mol. The van der Waals surface area contributed by atoms with Crippen LogP contribution >= 0.6 is 34.8 Å². The second-order valence-corrected chi connectivity index (χ2v) is 4.11. The highest BCUT2D eigenvalue weighted by Gasteiger charge is 2.12. The first-order chi connectivity index (χ1) is 5.52. The number of hydrogen-bond donors (Lipinski definition) is 1. The summed E-state index contributed by atoms with van der Waals surface area (Å²) in [7, 11) is 0. The summed E-state index contributed by atoms with van der Waals surface area (Å²) in [6, 6.07) is 2.72. The fourth-order valence-corrected chi connectivity index (χ4v) is 2.36. The Morgan fingerprint density at radius 3 is 1.92 bits per heavy atom. The van der Waals surface area contributed by atoms with E-state index in [0.29, 0.717) is 5.02 Å². The van der Waals surface area contributed by atoms with Crippen LogP contribution < -0.4 is 0 Å². The van der Waals surface area contributed by atoms with E-state index in [0.717, 1.165) is 0 Å². The summed E-state index contributed by atoms with van der Waals surface area (Å²) in [5.41, 5.74) is 0. The molecule has 0 saturated heterocycles. The van der Waals surface area contributed by atoms with Crippen molar-refractivity contribution >= 4 is 45.9 Å². The van der Waals surface area contributed by atoms with E-state index in [1.54, 1.807) is 0 Å². The molecule has 0 radical (unpaired) electrons. The molecule has 1 unspecified atom stereocenters. The summed E-state index contributed by atoms with van der Waals surface area (Å²) >= 11 is 14.6. The predicted molar refractivity (Wildman–Crippen MR) is 50.5 cm³/mol. The van der Waals surface area contributed by atoms with E-state index in [9.17, 15) is 4.21 Å². The van der Waals surface area contributed by atoms with Crippen molar-refractivity contribution in [2.45, 2.75) is 4.90 Å². The van der Waals surface area contributed by atoms with Crippen LogP contribution in [0.25, 0.3) is 0 Å². The van der Waals surface area contributed by atoms with Gasteiger partial charge in [0, 0.05) is 5.02 Å². The van der Waals surface area contributed by atoms with Gasteiger partial charge in [-0.1, -0.05) is 34.8 Å². The van der Waals surface area contributed by atoms with Crippen molar-refractivity contribution in [3.05, 3.63) is 27.2 Å². The SMILES string of the molecule is O=S(O)c1c(Cl)cc(Cl)cc1Cl. The fraction of sp³-hybridized carbons (Fsp3) is 0. The lowest BCUT2D eigenvalue weighted by Gasteiger charge is -2.01. The van der Waals surface area contributed by atoms with E-state index in [1.807, 2.05) is 0 Å². The zero-order chi connectivity index (χ0) is 9.30. The summed E-state index contributed by atoms with van der Waals surface area (Å²) in [6.07, 6.45) is 0. The van der Waals surface area contributed by atoms with Gasteiger partial charge >= 0.3 is 0 Å². The predicted octanol–water partition coefficient (Wildman–Crippen LogP) is 3.23. The minimum atomic E-state index is -2.18. The molecule has 2 nitrogen and oxygen atoms in total. The van der Waals surface area contributed by atoms with Crippen molar-refractivity contribution < 1.29 is 8.76 Å². The Kier molecular flexibility index (Phi) is 3.37. The highest BCUT2D eigenvalue weighted by atomic mass is 35.5. The van der Waals surface area contributed by atoms with Gasteiger partial charge in [0.2, 0.25) is 0 Å². The first-order valence-corrected chi connectivity index (χ1v) is 5.02. The van der Waals surface area contributed by atoms with Crippen LogP contribution in [0.5, 0.6) is 0 Å². The summed E-state index contributed by atoms with van der Waals surface area (Å²) in [6.45, 7) is 0. The number of hydrogen-bond acceptors (Lipinski definition) is 1. The van der Waals surface area contributed by atoms with E-state index in [1.165, 1.54) is 12.1 Å². The van der Waals surface area contributed by atoms with Gasteiger partial charge in [0.25, 0.3) is 0 Å². The maximum atomic E-state index is 10.7. The molecule has 0 aliphatic rings. The van der Waals surface area contributed by atoms with E-state index in [-0.39, 0.29) is 14.9 Å². The zero-order valence-corrected chi connectivity index (χ0v) is 8.64. The van der Waals surface area contributed by atoms with Crippen molar-refractivity contribution in [2.75, 3.05) is 0 Å². The molecule has 0 spiro atoms. The van der Waals surface area contributed by atoms with Crippen LogP contribution in [0.2, 0.25) is 15.1 Å². The summed E-state index contributed by atoms with van der Waals surface area (Å²) < 4.78 is 19.4. The molecule has 0 heterocycles. The molecule has 0 bridgehead atoms. The van der Waals surface area contributed by atoms with Crippen LogP contribution in [0, 0.1) is 0 Å². The smallest absolute Gasteiger partial charge is 0.189 e. The maximum Gasteiger partial charge on any atom is 0.189 e. The van der Waals surface area contributed by atoms with Crippen molar-refractivity contribution in [1.29, 1.82) is 0 Å². The van der Waals surface area contributed by atoms with Crippen LogP contribution in [0.15, 0.2) is 17.0 Å². The lowest BCUT2D eigenvalue weighted by atomic mass is 10.4. The highest BCUT2D eigenvalue weighted by molar-refractivity contribution is 7.79. The molecule has 0 aromatic heterocycles. The zero-order valence-electron chi connectivity index (χ0n) is 5.55. The number of halogens is 3. The average Bonchev–Trinajstić information content (AvgIpc) is 1.82. The molecule has 1 aromatic rings. The highest BCUT2D eigenvalue weighted by Crippen LogP contribution is 2.30. The molecule has 12 heavy (non-hydrogen) atoms. The van der Waals surface area contributed by atoms with Crippen LogP contribution in [0.4, 0.5) is 0 Å². The van der Waals surface area contributed by atoms with Crippen molar-refractivity contribution in [1.82, 2.24) is 0 Å². The lowest BCUT2D eigenvalue weighted by Crippen LogP contribution is -1.90. The van der Waals surface area contributed by atoms with E-state index >= 15 is 0 Å². The average molecular weight is 246 g/mol. The van der Waals surface area contributed by atoms with Gasteiger partial charge in [0.05, 0.1) is 10.0 Å². The first-order valence-electron chi connectivity index (χ1n) is 2.78. The Bertz CT molecular complexity index is 317. The fourth-order valence-electron chi connectivity index (χ4n) is 0.696. The molecule has 0 fully saturated rings. The van der Waals surface area contributed by atoms with E-state index < -0.39 is 11.1 Å². The third kappa shape index (κ3) is 2.12. The Morgan fingerprint density at radius 1 is 1.17 bits per heavy atom. The third-order valence-electron chi connectivity index (χ3n) is 1.14. The minimum Gasteiger partial charge on any atom is -0.302 e. The number of rotatable bonds is 1. The Balaban J connectivity index is 3.38. The topological polar surface area (TPSA) is 37.3 Å². The Hall–Kier alpha value is 0.200. The summed E-state index contributed by atoms with van der Waals surface area (Å²) in [5.74, 6) is 0. The number of benzene rings is 1. The van der Waals surface area contributed by atoms with Gasteiger partial charge in [-0.15, -0.1) is 0 Å². The van der Waals surface area contributed by atoms with Gasteiger partial charge in [-0.3, -0.25) is 0 Å². The molecule has 66 valence electrons. The molecule has 0 aliphatic heterocycles. The standard InChI is InChI=1S/C6H3Cl3O2S/c7-3-1-4(8)6(12(10)11)5(9)2-3/h1-2H,(H,10,11). The van der Waals surface area contributed by atoms with E-state index in [4.69, 9.17) is 39.4 Å². The molecule has 1 aromatic carbocycles. The van der Waals surface area contributed by atoms with Gasteiger partial charge in [-0.2, -0.15) is 0 Å². The Morgan fingerprint density at radius 2 is 1.58 bits per heavy atom.